The molecule has 3 nitrogen and oxygen atoms in total. The molecule has 0 saturated heterocycles. The second-order valence-corrected chi connectivity index (χ2v) is 5.85. The molecule has 2 rings (SSSR count). The quantitative estimate of drug-likeness (QED) is 0.883. The maximum atomic E-state index is 13.2. The first-order valence-corrected chi connectivity index (χ1v) is 7.26. The minimum Gasteiger partial charge on any atom is -0.399 e. The van der Waals surface area contributed by atoms with Crippen molar-refractivity contribution >= 4 is 16.5 Å². The Bertz CT molecular complexity index is 722. The third-order valence-electron chi connectivity index (χ3n) is 2.92. The van der Waals surface area contributed by atoms with Crippen molar-refractivity contribution in [1.82, 2.24) is 0 Å². The predicted octanol–water partition coefficient (Wildman–Crippen LogP) is 2.90. The van der Waals surface area contributed by atoms with Crippen LogP contribution in [0.5, 0.6) is 0 Å². The minimum absolute atomic E-state index is 0.103. The van der Waals surface area contributed by atoms with Crippen molar-refractivity contribution in [2.24, 2.45) is 0 Å². The summed E-state index contributed by atoms with van der Waals surface area (Å²) in [6.45, 7) is 1.82. The number of aryl methyl sites for hydroxylation is 1. The molecule has 0 amide bonds. The second-order valence-electron chi connectivity index (χ2n) is 4.43. The zero-order chi connectivity index (χ0) is 14.7. The van der Waals surface area contributed by atoms with Gasteiger partial charge in [-0.15, -0.1) is 0 Å². The van der Waals surface area contributed by atoms with Crippen LogP contribution in [-0.2, 0) is 16.6 Å². The van der Waals surface area contributed by atoms with Gasteiger partial charge in [0.25, 0.3) is 0 Å². The average molecular weight is 288 g/mol. The highest BCUT2D eigenvalue weighted by molar-refractivity contribution is 7.84. The molecule has 0 aliphatic heterocycles. The summed E-state index contributed by atoms with van der Waals surface area (Å²) in [5, 5.41) is 9.00. The molecule has 0 radical (unpaired) electrons. The molecule has 5 heteroatoms. The van der Waals surface area contributed by atoms with Crippen LogP contribution >= 0.6 is 0 Å². The summed E-state index contributed by atoms with van der Waals surface area (Å²) in [4.78, 5) is 0.646. The third-order valence-corrected chi connectivity index (χ3v) is 4.44. The fourth-order valence-corrected chi connectivity index (χ4v) is 3.25. The van der Waals surface area contributed by atoms with E-state index in [-0.39, 0.29) is 5.75 Å². The molecule has 0 heterocycles. The van der Waals surface area contributed by atoms with E-state index in [9.17, 15) is 8.60 Å². The number of nitriles is 1. The molecule has 102 valence electrons. The number of anilines is 1. The van der Waals surface area contributed by atoms with E-state index in [4.69, 9.17) is 11.0 Å². The molecule has 1 unspecified atom stereocenters. The van der Waals surface area contributed by atoms with Crippen LogP contribution < -0.4 is 5.73 Å². The lowest BCUT2D eigenvalue weighted by Crippen LogP contribution is -2.02. The lowest BCUT2D eigenvalue weighted by Gasteiger charge is -2.08. The highest BCUT2D eigenvalue weighted by Crippen LogP contribution is 2.21. The van der Waals surface area contributed by atoms with Crippen molar-refractivity contribution < 1.29 is 8.60 Å². The molecule has 0 fully saturated rings. The Hall–Kier alpha value is -2.19. The molecule has 2 aromatic rings. The standard InChI is InChI=1S/C15H13FN2OS/c1-10-6-14(18)4-5-15(10)20(19)9-12-7-13(16)3-2-11(12)8-17/h2-7H,9,18H2,1H3. The van der Waals surface area contributed by atoms with Crippen LogP contribution in [0, 0.1) is 24.1 Å². The summed E-state index contributed by atoms with van der Waals surface area (Å²) >= 11 is 0. The van der Waals surface area contributed by atoms with Gasteiger partial charge in [0.15, 0.2) is 0 Å². The number of nitrogens with zero attached hydrogens (tertiary/aromatic N) is 1. The first-order valence-electron chi connectivity index (χ1n) is 5.94. The molecule has 2 aromatic carbocycles. The number of benzene rings is 2. The summed E-state index contributed by atoms with van der Waals surface area (Å²) in [5.74, 6) is -0.337. The molecule has 0 aromatic heterocycles. The topological polar surface area (TPSA) is 66.9 Å². The van der Waals surface area contributed by atoms with Crippen LogP contribution in [0.4, 0.5) is 10.1 Å². The van der Waals surface area contributed by atoms with Gasteiger partial charge in [-0.05, 0) is 54.4 Å². The van der Waals surface area contributed by atoms with E-state index in [0.29, 0.717) is 21.7 Å². The van der Waals surface area contributed by atoms with Gasteiger partial charge in [0.1, 0.15) is 5.82 Å². The highest BCUT2D eigenvalue weighted by atomic mass is 32.2. The maximum Gasteiger partial charge on any atom is 0.123 e. The van der Waals surface area contributed by atoms with E-state index < -0.39 is 16.6 Å². The van der Waals surface area contributed by atoms with Crippen molar-refractivity contribution in [3.8, 4) is 6.07 Å². The fraction of sp³-hybridized carbons (Fsp3) is 0.133. The van der Waals surface area contributed by atoms with Crippen LogP contribution in [0.3, 0.4) is 0 Å². The van der Waals surface area contributed by atoms with Crippen molar-refractivity contribution in [1.29, 1.82) is 5.26 Å². The van der Waals surface area contributed by atoms with E-state index in [1.165, 1.54) is 18.2 Å². The molecule has 0 spiro atoms. The van der Waals surface area contributed by atoms with Gasteiger partial charge in [0, 0.05) is 10.6 Å². The van der Waals surface area contributed by atoms with Gasteiger partial charge in [0.2, 0.25) is 0 Å². The first kappa shape index (κ1) is 14.2. The van der Waals surface area contributed by atoms with E-state index >= 15 is 0 Å². The maximum absolute atomic E-state index is 13.2. The van der Waals surface area contributed by atoms with E-state index in [0.717, 1.165) is 5.56 Å². The van der Waals surface area contributed by atoms with Crippen molar-refractivity contribution in [3.05, 3.63) is 58.9 Å². The molecular weight excluding hydrogens is 275 g/mol. The smallest absolute Gasteiger partial charge is 0.123 e. The van der Waals surface area contributed by atoms with Crippen LogP contribution in [0.25, 0.3) is 0 Å². The molecule has 1 atom stereocenters. The summed E-state index contributed by atoms with van der Waals surface area (Å²) in [5.41, 5.74) is 7.86. The lowest BCUT2D eigenvalue weighted by molar-refractivity contribution is 0.626. The van der Waals surface area contributed by atoms with Gasteiger partial charge in [0.05, 0.1) is 28.2 Å². The summed E-state index contributed by atoms with van der Waals surface area (Å²) in [6, 6.07) is 11.0. The Labute approximate surface area is 119 Å². The zero-order valence-corrected chi connectivity index (χ0v) is 11.7. The van der Waals surface area contributed by atoms with Gasteiger partial charge in [-0.2, -0.15) is 5.26 Å². The van der Waals surface area contributed by atoms with E-state index in [2.05, 4.69) is 0 Å². The molecule has 0 aliphatic rings. The van der Waals surface area contributed by atoms with Crippen LogP contribution in [0.1, 0.15) is 16.7 Å². The number of hydrogen-bond acceptors (Lipinski definition) is 3. The number of hydrogen-bond donors (Lipinski definition) is 1. The molecule has 20 heavy (non-hydrogen) atoms. The average Bonchev–Trinajstić information content (AvgIpc) is 2.38. The third kappa shape index (κ3) is 3.03. The van der Waals surface area contributed by atoms with Crippen LogP contribution in [0.2, 0.25) is 0 Å². The Balaban J connectivity index is 2.33. The minimum atomic E-state index is -1.35. The van der Waals surface area contributed by atoms with Gasteiger partial charge >= 0.3 is 0 Å². The number of nitrogens with two attached hydrogens (primary N) is 1. The summed E-state index contributed by atoms with van der Waals surface area (Å²) in [6.07, 6.45) is 0. The Morgan fingerprint density at radius 3 is 2.70 bits per heavy atom. The molecule has 2 N–H and O–H groups in total. The first-order chi connectivity index (χ1) is 9.51. The summed E-state index contributed by atoms with van der Waals surface area (Å²) in [7, 11) is -1.35. The molecule has 0 saturated carbocycles. The second kappa shape index (κ2) is 5.85. The fourth-order valence-electron chi connectivity index (χ4n) is 1.94. The monoisotopic (exact) mass is 288 g/mol. The Morgan fingerprint density at radius 2 is 2.05 bits per heavy atom. The zero-order valence-electron chi connectivity index (χ0n) is 10.9. The number of rotatable bonds is 3. The number of halogens is 1. The Morgan fingerprint density at radius 1 is 1.30 bits per heavy atom. The molecule has 0 bridgehead atoms. The van der Waals surface area contributed by atoms with Crippen molar-refractivity contribution in [3.63, 3.8) is 0 Å². The SMILES string of the molecule is Cc1cc(N)ccc1S(=O)Cc1cc(F)ccc1C#N. The normalized spacial score (nSPS) is 11.8. The van der Waals surface area contributed by atoms with Gasteiger partial charge in [-0.25, -0.2) is 4.39 Å². The summed E-state index contributed by atoms with van der Waals surface area (Å²) < 4.78 is 25.6. The molecule has 0 aliphatic carbocycles. The van der Waals surface area contributed by atoms with Gasteiger partial charge in [-0.1, -0.05) is 0 Å². The van der Waals surface area contributed by atoms with Crippen LogP contribution in [-0.4, -0.2) is 4.21 Å². The van der Waals surface area contributed by atoms with E-state index in [1.54, 1.807) is 18.2 Å². The van der Waals surface area contributed by atoms with Crippen molar-refractivity contribution in [2.75, 3.05) is 5.73 Å². The highest BCUT2D eigenvalue weighted by Gasteiger charge is 2.12. The largest absolute Gasteiger partial charge is 0.399 e. The van der Waals surface area contributed by atoms with Crippen LogP contribution in [0.15, 0.2) is 41.3 Å². The Kier molecular flexibility index (Phi) is 4.16. The predicted molar refractivity (Wildman–Crippen MR) is 76.8 cm³/mol. The van der Waals surface area contributed by atoms with Crippen molar-refractivity contribution in [2.45, 2.75) is 17.6 Å². The van der Waals surface area contributed by atoms with Gasteiger partial charge < -0.3 is 5.73 Å². The molecular formula is C15H13FN2OS. The number of nitrogen functional groups attached to an aromatic ring is 1. The van der Waals surface area contributed by atoms with Gasteiger partial charge in [-0.3, -0.25) is 4.21 Å². The lowest BCUT2D eigenvalue weighted by atomic mass is 10.1. The van der Waals surface area contributed by atoms with E-state index in [1.807, 2.05) is 13.0 Å².